The maximum atomic E-state index is 13.4. The number of thiocarbonyl (C=S) groups is 1. The number of para-hydroxylation sites is 1. The third-order valence-electron chi connectivity index (χ3n) is 5.66. The van der Waals surface area contributed by atoms with Gasteiger partial charge in [-0.1, -0.05) is 54.4 Å². The van der Waals surface area contributed by atoms with Gasteiger partial charge < -0.3 is 4.57 Å². The van der Waals surface area contributed by atoms with Crippen molar-refractivity contribution in [2.75, 3.05) is 4.90 Å². The van der Waals surface area contributed by atoms with Crippen LogP contribution < -0.4 is 10.2 Å². The van der Waals surface area contributed by atoms with E-state index in [9.17, 15) is 9.59 Å². The zero-order chi connectivity index (χ0) is 23.9. The van der Waals surface area contributed by atoms with Crippen molar-refractivity contribution in [3.63, 3.8) is 0 Å². The largest absolute Gasteiger partial charge is 0.318 e. The fraction of sp³-hybridized carbons (Fsp3) is 0.160. The van der Waals surface area contributed by atoms with E-state index in [0.717, 1.165) is 29.1 Å². The Labute approximate surface area is 207 Å². The van der Waals surface area contributed by atoms with Crippen LogP contribution in [0.4, 0.5) is 5.69 Å². The Morgan fingerprint density at radius 3 is 2.45 bits per heavy atom. The van der Waals surface area contributed by atoms with E-state index >= 15 is 0 Å². The first-order valence-electron chi connectivity index (χ1n) is 10.4. The minimum atomic E-state index is -0.563. The van der Waals surface area contributed by atoms with Gasteiger partial charge in [0.15, 0.2) is 5.11 Å². The van der Waals surface area contributed by atoms with Gasteiger partial charge in [-0.2, -0.15) is 0 Å². The molecule has 1 fully saturated rings. The van der Waals surface area contributed by atoms with E-state index in [1.165, 1.54) is 10.5 Å². The molecule has 168 valence electrons. The molecule has 0 aliphatic carbocycles. The highest BCUT2D eigenvalue weighted by atomic mass is 35.5. The molecule has 2 aromatic carbocycles. The van der Waals surface area contributed by atoms with Crippen LogP contribution in [-0.4, -0.2) is 21.5 Å². The molecule has 2 heterocycles. The van der Waals surface area contributed by atoms with Crippen LogP contribution in [0.3, 0.4) is 0 Å². The summed E-state index contributed by atoms with van der Waals surface area (Å²) >= 11 is 17.7. The van der Waals surface area contributed by atoms with E-state index < -0.39 is 11.8 Å². The molecule has 1 N–H and O–H groups in total. The smallest absolute Gasteiger partial charge is 0.270 e. The standard InChI is InChI=1S/C25H21Cl2N3O2S/c1-4-16-8-5-6-10-20(16)29-14(2)12-17(15(29)3)13-18-23(31)28-25(33)30(24(18)32)21-11-7-9-19(26)22(21)27/h5-13H,4H2,1-3H3,(H,28,31,33)/b18-13+. The maximum Gasteiger partial charge on any atom is 0.270 e. The van der Waals surface area contributed by atoms with Crippen LogP contribution in [0.2, 0.25) is 10.0 Å². The van der Waals surface area contributed by atoms with Gasteiger partial charge in [-0.3, -0.25) is 19.8 Å². The summed E-state index contributed by atoms with van der Waals surface area (Å²) in [4.78, 5) is 27.3. The van der Waals surface area contributed by atoms with Gasteiger partial charge >= 0.3 is 0 Å². The number of anilines is 1. The van der Waals surface area contributed by atoms with Crippen molar-refractivity contribution >= 4 is 64.1 Å². The predicted octanol–water partition coefficient (Wildman–Crippen LogP) is 5.79. The molecule has 0 saturated carbocycles. The first kappa shape index (κ1) is 23.2. The highest BCUT2D eigenvalue weighted by Crippen LogP contribution is 2.35. The van der Waals surface area contributed by atoms with E-state index in [4.69, 9.17) is 35.4 Å². The highest BCUT2D eigenvalue weighted by molar-refractivity contribution is 7.80. The molecule has 1 aliphatic heterocycles. The van der Waals surface area contributed by atoms with E-state index in [2.05, 4.69) is 28.9 Å². The molecular formula is C25H21Cl2N3O2S. The average molecular weight is 498 g/mol. The van der Waals surface area contributed by atoms with Crippen molar-refractivity contribution in [2.45, 2.75) is 27.2 Å². The summed E-state index contributed by atoms with van der Waals surface area (Å²) in [5, 5.41) is 3.00. The first-order chi connectivity index (χ1) is 15.7. The normalized spacial score (nSPS) is 15.4. The van der Waals surface area contributed by atoms with Gasteiger partial charge in [-0.25, -0.2) is 0 Å². The Hall–Kier alpha value is -2.93. The molecule has 0 radical (unpaired) electrons. The molecule has 3 aromatic rings. The molecule has 0 bridgehead atoms. The lowest BCUT2D eigenvalue weighted by Crippen LogP contribution is -2.54. The molecule has 1 aromatic heterocycles. The fourth-order valence-electron chi connectivity index (χ4n) is 4.03. The van der Waals surface area contributed by atoms with Crippen LogP contribution in [-0.2, 0) is 16.0 Å². The van der Waals surface area contributed by atoms with Crippen molar-refractivity contribution in [1.82, 2.24) is 9.88 Å². The van der Waals surface area contributed by atoms with Crippen LogP contribution in [0.1, 0.15) is 29.4 Å². The Kier molecular flexibility index (Phi) is 6.43. The van der Waals surface area contributed by atoms with E-state index in [0.29, 0.717) is 5.69 Å². The van der Waals surface area contributed by atoms with Gasteiger partial charge in [0, 0.05) is 17.1 Å². The Morgan fingerprint density at radius 1 is 1.03 bits per heavy atom. The minimum absolute atomic E-state index is 0.0383. The van der Waals surface area contributed by atoms with Crippen LogP contribution in [0.25, 0.3) is 11.8 Å². The van der Waals surface area contributed by atoms with E-state index in [1.807, 2.05) is 32.0 Å². The van der Waals surface area contributed by atoms with Crippen molar-refractivity contribution in [1.29, 1.82) is 0 Å². The topological polar surface area (TPSA) is 54.3 Å². The first-order valence-corrected chi connectivity index (χ1v) is 11.5. The summed E-state index contributed by atoms with van der Waals surface area (Å²) in [5.74, 6) is -1.12. The quantitative estimate of drug-likeness (QED) is 0.281. The Morgan fingerprint density at radius 2 is 1.73 bits per heavy atom. The number of carbonyl (C=O) groups excluding carboxylic acids is 2. The Bertz CT molecular complexity index is 1340. The molecule has 5 nitrogen and oxygen atoms in total. The zero-order valence-electron chi connectivity index (χ0n) is 18.3. The molecule has 4 rings (SSSR count). The summed E-state index contributed by atoms with van der Waals surface area (Å²) < 4.78 is 2.13. The SMILES string of the molecule is CCc1ccccc1-n1c(C)cc(/C=C2\C(=O)NC(=S)N(c3cccc(Cl)c3Cl)C2=O)c1C. The third kappa shape index (κ3) is 4.10. The third-order valence-corrected chi connectivity index (χ3v) is 6.75. The second kappa shape index (κ2) is 9.14. The summed E-state index contributed by atoms with van der Waals surface area (Å²) in [6.07, 6.45) is 2.48. The summed E-state index contributed by atoms with van der Waals surface area (Å²) in [7, 11) is 0. The molecule has 1 aliphatic rings. The number of aromatic nitrogens is 1. The molecule has 2 amide bonds. The number of benzene rings is 2. The van der Waals surface area contributed by atoms with Gasteiger partial charge in [0.2, 0.25) is 0 Å². The Balaban J connectivity index is 1.80. The minimum Gasteiger partial charge on any atom is -0.318 e. The van der Waals surface area contributed by atoms with Crippen molar-refractivity contribution in [3.05, 3.63) is 86.7 Å². The monoisotopic (exact) mass is 497 g/mol. The number of nitrogens with one attached hydrogen (secondary N) is 1. The van der Waals surface area contributed by atoms with Gasteiger partial charge in [0.1, 0.15) is 5.57 Å². The predicted molar refractivity (Wildman–Crippen MR) is 137 cm³/mol. The molecule has 0 spiro atoms. The van der Waals surface area contributed by atoms with Gasteiger partial charge in [-0.15, -0.1) is 0 Å². The summed E-state index contributed by atoms with van der Waals surface area (Å²) in [6, 6.07) is 15.0. The highest BCUT2D eigenvalue weighted by Gasteiger charge is 2.36. The number of carbonyl (C=O) groups is 2. The van der Waals surface area contributed by atoms with Crippen LogP contribution in [0.15, 0.2) is 54.1 Å². The summed E-state index contributed by atoms with van der Waals surface area (Å²) in [6.45, 7) is 6.07. The van der Waals surface area contributed by atoms with Gasteiger partial charge in [0.25, 0.3) is 11.8 Å². The molecule has 33 heavy (non-hydrogen) atoms. The van der Waals surface area contributed by atoms with Crippen LogP contribution >= 0.6 is 35.4 Å². The van der Waals surface area contributed by atoms with Crippen LogP contribution in [0, 0.1) is 13.8 Å². The maximum absolute atomic E-state index is 13.4. The van der Waals surface area contributed by atoms with Crippen molar-refractivity contribution < 1.29 is 9.59 Å². The second-order valence-electron chi connectivity index (χ2n) is 7.67. The lowest BCUT2D eigenvalue weighted by molar-refractivity contribution is -0.122. The van der Waals surface area contributed by atoms with E-state index in [1.54, 1.807) is 24.3 Å². The molecule has 8 heteroatoms. The van der Waals surface area contributed by atoms with Gasteiger partial charge in [-0.05, 0) is 74.0 Å². The number of hydrogen-bond acceptors (Lipinski definition) is 3. The lowest BCUT2D eigenvalue weighted by atomic mass is 10.1. The number of hydrogen-bond donors (Lipinski definition) is 1. The molecule has 0 atom stereocenters. The number of nitrogens with zero attached hydrogens (tertiary/aromatic N) is 2. The molecule has 0 unspecified atom stereocenters. The van der Waals surface area contributed by atoms with Crippen LogP contribution in [0.5, 0.6) is 0 Å². The number of amides is 2. The summed E-state index contributed by atoms with van der Waals surface area (Å²) in [5.41, 5.74) is 5.24. The van der Waals surface area contributed by atoms with E-state index in [-0.39, 0.29) is 20.7 Å². The van der Waals surface area contributed by atoms with Crippen molar-refractivity contribution in [2.24, 2.45) is 0 Å². The lowest BCUT2D eigenvalue weighted by Gasteiger charge is -2.29. The van der Waals surface area contributed by atoms with Crippen molar-refractivity contribution in [3.8, 4) is 5.69 Å². The zero-order valence-corrected chi connectivity index (χ0v) is 20.6. The molecular weight excluding hydrogens is 477 g/mol. The number of aryl methyl sites for hydroxylation is 2. The fourth-order valence-corrected chi connectivity index (χ4v) is 4.68. The number of halogens is 2. The second-order valence-corrected chi connectivity index (χ2v) is 8.85. The molecule has 1 saturated heterocycles. The average Bonchev–Trinajstić information content (AvgIpc) is 3.06. The van der Waals surface area contributed by atoms with Gasteiger partial charge in [0.05, 0.1) is 15.7 Å². The number of rotatable bonds is 4.